The number of ether oxygens (including phenoxy) is 3. The van der Waals surface area contributed by atoms with Crippen LogP contribution in [0.1, 0.15) is 12.5 Å². The van der Waals surface area contributed by atoms with Crippen LogP contribution in [0.5, 0.6) is 11.5 Å². The van der Waals surface area contributed by atoms with Crippen molar-refractivity contribution in [3.05, 3.63) is 23.8 Å². The van der Waals surface area contributed by atoms with Crippen molar-refractivity contribution in [3.8, 4) is 11.5 Å². The molecule has 84 valence electrons. The van der Waals surface area contributed by atoms with Crippen LogP contribution in [-0.2, 0) is 16.1 Å². The largest absolute Gasteiger partial charge is 0.504 e. The fourth-order valence-electron chi connectivity index (χ4n) is 1.11. The summed E-state index contributed by atoms with van der Waals surface area (Å²) < 4.78 is 15.2. The number of benzene rings is 1. The second-order valence-electron chi connectivity index (χ2n) is 2.97. The van der Waals surface area contributed by atoms with Crippen molar-refractivity contribution < 1.29 is 19.3 Å². The van der Waals surface area contributed by atoms with Gasteiger partial charge in [0.25, 0.3) is 0 Å². The maximum absolute atomic E-state index is 9.35. The van der Waals surface area contributed by atoms with Crippen molar-refractivity contribution >= 4 is 0 Å². The highest BCUT2D eigenvalue weighted by Crippen LogP contribution is 2.26. The van der Waals surface area contributed by atoms with Gasteiger partial charge >= 0.3 is 0 Å². The molecular formula is C11H16O4. The first-order chi connectivity index (χ1) is 7.27. The van der Waals surface area contributed by atoms with Crippen molar-refractivity contribution in [2.24, 2.45) is 0 Å². The number of phenols is 1. The predicted molar refractivity (Wildman–Crippen MR) is 55.9 cm³/mol. The third kappa shape index (κ3) is 3.77. The van der Waals surface area contributed by atoms with Crippen LogP contribution in [0.15, 0.2) is 18.2 Å². The molecule has 1 aromatic rings. The number of hydrogen-bond donors (Lipinski definition) is 1. The van der Waals surface area contributed by atoms with E-state index in [1.54, 1.807) is 18.2 Å². The molecule has 0 unspecified atom stereocenters. The highest BCUT2D eigenvalue weighted by molar-refractivity contribution is 5.41. The summed E-state index contributed by atoms with van der Waals surface area (Å²) in [5.41, 5.74) is 0.935. The van der Waals surface area contributed by atoms with Gasteiger partial charge in [-0.15, -0.1) is 0 Å². The minimum Gasteiger partial charge on any atom is -0.504 e. The highest BCUT2D eigenvalue weighted by atomic mass is 16.7. The van der Waals surface area contributed by atoms with Crippen LogP contribution in [0.3, 0.4) is 0 Å². The molecule has 1 aromatic carbocycles. The molecule has 0 saturated heterocycles. The Hall–Kier alpha value is -1.26. The van der Waals surface area contributed by atoms with E-state index in [9.17, 15) is 5.11 Å². The van der Waals surface area contributed by atoms with Gasteiger partial charge in [-0.05, 0) is 24.6 Å². The Morgan fingerprint density at radius 3 is 2.73 bits per heavy atom. The van der Waals surface area contributed by atoms with Gasteiger partial charge in [-0.3, -0.25) is 0 Å². The van der Waals surface area contributed by atoms with E-state index in [2.05, 4.69) is 0 Å². The molecule has 0 aromatic heterocycles. The maximum atomic E-state index is 9.35. The van der Waals surface area contributed by atoms with Crippen LogP contribution in [0.4, 0.5) is 0 Å². The van der Waals surface area contributed by atoms with Gasteiger partial charge < -0.3 is 19.3 Å². The smallest absolute Gasteiger partial charge is 0.160 e. The molecular weight excluding hydrogens is 196 g/mol. The molecule has 1 rings (SSSR count). The molecule has 0 spiro atoms. The molecule has 4 nitrogen and oxygen atoms in total. The van der Waals surface area contributed by atoms with Crippen LogP contribution in [0.25, 0.3) is 0 Å². The van der Waals surface area contributed by atoms with Crippen LogP contribution in [-0.4, -0.2) is 25.6 Å². The fraction of sp³-hybridized carbons (Fsp3) is 0.455. The molecule has 0 radical (unpaired) electrons. The lowest BCUT2D eigenvalue weighted by Crippen LogP contribution is -1.99. The zero-order valence-electron chi connectivity index (χ0n) is 9.03. The van der Waals surface area contributed by atoms with Crippen LogP contribution in [0.2, 0.25) is 0 Å². The van der Waals surface area contributed by atoms with E-state index in [-0.39, 0.29) is 12.5 Å². The number of rotatable bonds is 6. The first-order valence-corrected chi connectivity index (χ1v) is 4.79. The van der Waals surface area contributed by atoms with Gasteiger partial charge in [-0.1, -0.05) is 6.07 Å². The Bertz CT molecular complexity index is 299. The van der Waals surface area contributed by atoms with Crippen molar-refractivity contribution in [1.29, 1.82) is 0 Å². The standard InChI is InChI=1S/C11H16O4/c1-3-14-8-15-7-9-4-5-10(12)11(6-9)13-2/h4-6,12H,3,7-8H2,1-2H3. The van der Waals surface area contributed by atoms with Gasteiger partial charge in [0.15, 0.2) is 11.5 Å². The normalized spacial score (nSPS) is 10.3. The average molecular weight is 212 g/mol. The number of methoxy groups -OCH3 is 1. The minimum atomic E-state index is 0.131. The van der Waals surface area contributed by atoms with Gasteiger partial charge in [-0.2, -0.15) is 0 Å². The van der Waals surface area contributed by atoms with Crippen molar-refractivity contribution in [1.82, 2.24) is 0 Å². The van der Waals surface area contributed by atoms with Gasteiger partial charge in [0.2, 0.25) is 0 Å². The van der Waals surface area contributed by atoms with Crippen LogP contribution in [0, 0.1) is 0 Å². The maximum Gasteiger partial charge on any atom is 0.160 e. The number of hydrogen-bond acceptors (Lipinski definition) is 4. The summed E-state index contributed by atoms with van der Waals surface area (Å²) in [5.74, 6) is 0.582. The topological polar surface area (TPSA) is 47.9 Å². The Morgan fingerprint density at radius 1 is 1.27 bits per heavy atom. The monoisotopic (exact) mass is 212 g/mol. The van der Waals surface area contributed by atoms with E-state index in [1.165, 1.54) is 7.11 Å². The predicted octanol–water partition coefficient (Wildman–Crippen LogP) is 1.91. The Morgan fingerprint density at radius 2 is 2.07 bits per heavy atom. The minimum absolute atomic E-state index is 0.131. The van der Waals surface area contributed by atoms with Gasteiger partial charge in [0, 0.05) is 6.61 Å². The Kier molecular flexibility index (Phi) is 4.93. The molecule has 0 saturated carbocycles. The van der Waals surface area contributed by atoms with E-state index in [0.29, 0.717) is 19.0 Å². The molecule has 0 amide bonds. The third-order valence-electron chi connectivity index (χ3n) is 1.88. The number of aromatic hydroxyl groups is 1. The lowest BCUT2D eigenvalue weighted by atomic mass is 10.2. The quantitative estimate of drug-likeness (QED) is 0.578. The first kappa shape index (κ1) is 11.8. The third-order valence-corrected chi connectivity index (χ3v) is 1.88. The van der Waals surface area contributed by atoms with Crippen LogP contribution < -0.4 is 4.74 Å². The molecule has 0 fully saturated rings. The second kappa shape index (κ2) is 6.27. The fourth-order valence-corrected chi connectivity index (χ4v) is 1.11. The SMILES string of the molecule is CCOCOCc1ccc(O)c(OC)c1. The molecule has 0 heterocycles. The lowest BCUT2D eigenvalue weighted by Gasteiger charge is -2.07. The van der Waals surface area contributed by atoms with E-state index in [4.69, 9.17) is 14.2 Å². The van der Waals surface area contributed by atoms with Gasteiger partial charge in [0.1, 0.15) is 6.79 Å². The Labute approximate surface area is 89.4 Å². The summed E-state index contributed by atoms with van der Waals surface area (Å²) in [4.78, 5) is 0. The summed E-state index contributed by atoms with van der Waals surface area (Å²) in [7, 11) is 1.51. The van der Waals surface area contributed by atoms with Crippen molar-refractivity contribution in [2.75, 3.05) is 20.5 Å². The number of phenolic OH excluding ortho intramolecular Hbond substituents is 1. The molecule has 0 aliphatic heterocycles. The summed E-state index contributed by atoms with van der Waals surface area (Å²) >= 11 is 0. The molecule has 0 bridgehead atoms. The van der Waals surface area contributed by atoms with Crippen molar-refractivity contribution in [2.45, 2.75) is 13.5 Å². The molecule has 4 heteroatoms. The summed E-state index contributed by atoms with van der Waals surface area (Å²) in [6, 6.07) is 5.10. The molecule has 1 N–H and O–H groups in total. The van der Waals surface area contributed by atoms with Gasteiger partial charge in [0.05, 0.1) is 13.7 Å². The van der Waals surface area contributed by atoms with Crippen LogP contribution >= 0.6 is 0 Å². The van der Waals surface area contributed by atoms with E-state index < -0.39 is 0 Å². The first-order valence-electron chi connectivity index (χ1n) is 4.79. The lowest BCUT2D eigenvalue weighted by molar-refractivity contribution is -0.0571. The second-order valence-corrected chi connectivity index (χ2v) is 2.97. The summed E-state index contributed by atoms with van der Waals surface area (Å²) in [6.45, 7) is 3.27. The van der Waals surface area contributed by atoms with Crippen molar-refractivity contribution in [3.63, 3.8) is 0 Å². The summed E-state index contributed by atoms with van der Waals surface area (Å²) in [5, 5.41) is 9.35. The van der Waals surface area contributed by atoms with Gasteiger partial charge in [-0.25, -0.2) is 0 Å². The molecule has 0 atom stereocenters. The van der Waals surface area contributed by atoms with E-state index >= 15 is 0 Å². The zero-order valence-corrected chi connectivity index (χ0v) is 9.03. The molecule has 0 aliphatic rings. The van der Waals surface area contributed by atoms with E-state index in [1.807, 2.05) is 6.92 Å². The highest BCUT2D eigenvalue weighted by Gasteiger charge is 2.02. The average Bonchev–Trinajstić information content (AvgIpc) is 2.26. The molecule has 15 heavy (non-hydrogen) atoms. The van der Waals surface area contributed by atoms with E-state index in [0.717, 1.165) is 5.56 Å². The Balaban J connectivity index is 2.47. The summed E-state index contributed by atoms with van der Waals surface area (Å²) in [6.07, 6.45) is 0. The molecule has 0 aliphatic carbocycles. The zero-order chi connectivity index (χ0) is 11.1.